The van der Waals surface area contributed by atoms with Gasteiger partial charge in [0.05, 0.1) is 25.0 Å². The number of rotatable bonds is 7. The maximum Gasteiger partial charge on any atom is 0.310 e. The Balaban J connectivity index is 2.26. The molecule has 0 aliphatic heterocycles. The Morgan fingerprint density at radius 3 is 1.33 bits per heavy atom. The summed E-state index contributed by atoms with van der Waals surface area (Å²) in [6.45, 7) is 4.44. The van der Waals surface area contributed by atoms with Gasteiger partial charge in [0, 0.05) is 0 Å². The van der Waals surface area contributed by atoms with Crippen molar-refractivity contribution in [1.82, 2.24) is 0 Å². The van der Waals surface area contributed by atoms with Crippen molar-refractivity contribution in [2.75, 3.05) is 13.2 Å². The second-order valence-corrected chi connectivity index (χ2v) is 7.35. The van der Waals surface area contributed by atoms with Gasteiger partial charge in [-0.15, -0.1) is 0 Å². The molecule has 2 aliphatic rings. The van der Waals surface area contributed by atoms with Crippen LogP contribution in [0.5, 0.6) is 0 Å². The lowest BCUT2D eigenvalue weighted by Crippen LogP contribution is -2.42. The Morgan fingerprint density at radius 1 is 0.708 bits per heavy atom. The monoisotopic (exact) mass is 338 g/mol. The van der Waals surface area contributed by atoms with Crippen molar-refractivity contribution < 1.29 is 19.1 Å². The van der Waals surface area contributed by atoms with Crippen LogP contribution in [-0.4, -0.2) is 25.2 Å². The van der Waals surface area contributed by atoms with E-state index in [0.717, 1.165) is 51.4 Å². The summed E-state index contributed by atoms with van der Waals surface area (Å²) in [5.41, 5.74) is 0. The second-order valence-electron chi connectivity index (χ2n) is 7.35. The van der Waals surface area contributed by atoms with E-state index in [-0.39, 0.29) is 35.6 Å². The van der Waals surface area contributed by atoms with Crippen LogP contribution < -0.4 is 0 Å². The maximum absolute atomic E-state index is 12.8. The fourth-order valence-corrected chi connectivity index (χ4v) is 4.73. The van der Waals surface area contributed by atoms with Crippen LogP contribution >= 0.6 is 0 Å². The molecule has 4 nitrogen and oxygen atoms in total. The molecule has 2 saturated carbocycles. The van der Waals surface area contributed by atoms with E-state index in [0.29, 0.717) is 13.2 Å². The van der Waals surface area contributed by atoms with Gasteiger partial charge in [0.1, 0.15) is 0 Å². The molecule has 138 valence electrons. The number of carbonyl (C=O) groups excluding carboxylic acids is 2. The van der Waals surface area contributed by atoms with E-state index in [1.807, 2.05) is 13.8 Å². The maximum atomic E-state index is 12.8. The largest absolute Gasteiger partial charge is 0.466 e. The Morgan fingerprint density at radius 2 is 1.04 bits per heavy atom. The molecular weight excluding hydrogens is 304 g/mol. The smallest absolute Gasteiger partial charge is 0.310 e. The van der Waals surface area contributed by atoms with Gasteiger partial charge in [0.25, 0.3) is 0 Å². The van der Waals surface area contributed by atoms with Crippen LogP contribution in [0.15, 0.2) is 0 Å². The molecule has 0 aromatic rings. The van der Waals surface area contributed by atoms with Gasteiger partial charge in [-0.3, -0.25) is 9.59 Å². The normalized spacial score (nSPS) is 22.6. The van der Waals surface area contributed by atoms with Gasteiger partial charge in [0.15, 0.2) is 0 Å². The van der Waals surface area contributed by atoms with Crippen molar-refractivity contribution in [3.63, 3.8) is 0 Å². The van der Waals surface area contributed by atoms with Crippen LogP contribution in [0.1, 0.15) is 78.1 Å². The summed E-state index contributed by atoms with van der Waals surface area (Å²) in [5.74, 6) is -0.427. The molecule has 2 rings (SSSR count). The third kappa shape index (κ3) is 4.97. The van der Waals surface area contributed by atoms with E-state index in [1.165, 1.54) is 12.8 Å². The van der Waals surface area contributed by atoms with Crippen LogP contribution in [-0.2, 0) is 19.1 Å². The van der Waals surface area contributed by atoms with Gasteiger partial charge in [-0.25, -0.2) is 0 Å². The van der Waals surface area contributed by atoms with Crippen molar-refractivity contribution in [1.29, 1.82) is 0 Å². The van der Waals surface area contributed by atoms with Gasteiger partial charge in [-0.05, 0) is 51.4 Å². The van der Waals surface area contributed by atoms with E-state index < -0.39 is 0 Å². The summed E-state index contributed by atoms with van der Waals surface area (Å²) in [6, 6.07) is 0. The molecule has 24 heavy (non-hydrogen) atoms. The first-order chi connectivity index (χ1) is 11.7. The molecular formula is C20H34O4. The molecule has 0 saturated heterocycles. The van der Waals surface area contributed by atoms with E-state index in [9.17, 15) is 9.59 Å². The van der Waals surface area contributed by atoms with Crippen molar-refractivity contribution in [3.8, 4) is 0 Å². The summed E-state index contributed by atoms with van der Waals surface area (Å²) < 4.78 is 10.8. The molecule has 2 fully saturated rings. The van der Waals surface area contributed by atoms with Crippen molar-refractivity contribution in [2.24, 2.45) is 23.7 Å². The van der Waals surface area contributed by atoms with Gasteiger partial charge in [-0.2, -0.15) is 0 Å². The summed E-state index contributed by atoms with van der Waals surface area (Å²) in [4.78, 5) is 25.6. The van der Waals surface area contributed by atoms with Crippen LogP contribution in [0.25, 0.3) is 0 Å². The summed E-state index contributed by atoms with van der Waals surface area (Å²) in [5, 5.41) is 0. The van der Waals surface area contributed by atoms with E-state index in [4.69, 9.17) is 9.47 Å². The predicted molar refractivity (Wildman–Crippen MR) is 93.4 cm³/mol. The average Bonchev–Trinajstić information content (AvgIpc) is 2.61. The third-order valence-electron chi connectivity index (χ3n) is 5.82. The Bertz CT molecular complexity index is 356. The van der Waals surface area contributed by atoms with E-state index >= 15 is 0 Å². The molecule has 0 bridgehead atoms. The van der Waals surface area contributed by atoms with Crippen LogP contribution in [0.4, 0.5) is 0 Å². The first kappa shape index (κ1) is 19.3. The SMILES string of the molecule is CCOC(=O)C(C1CCCCC1)C(C(=O)OCC)C1CCCCC1. The average molecular weight is 338 g/mol. The van der Waals surface area contributed by atoms with Crippen LogP contribution in [0.2, 0.25) is 0 Å². The first-order valence-electron chi connectivity index (χ1n) is 10.0. The minimum Gasteiger partial charge on any atom is -0.466 e. The molecule has 0 radical (unpaired) electrons. The molecule has 0 heterocycles. The third-order valence-corrected chi connectivity index (χ3v) is 5.82. The zero-order chi connectivity index (χ0) is 17.4. The second kappa shape index (κ2) is 10.0. The van der Waals surface area contributed by atoms with E-state index in [1.54, 1.807) is 0 Å². The molecule has 0 spiro atoms. The molecule has 2 unspecified atom stereocenters. The molecule has 2 aliphatic carbocycles. The van der Waals surface area contributed by atoms with Crippen LogP contribution in [0, 0.1) is 23.7 Å². The lowest BCUT2D eigenvalue weighted by molar-refractivity contribution is -0.166. The van der Waals surface area contributed by atoms with E-state index in [2.05, 4.69) is 0 Å². The molecule has 2 atom stereocenters. The fraction of sp³-hybridized carbons (Fsp3) is 0.900. The quantitative estimate of drug-likeness (QED) is 0.641. The molecule has 0 aromatic carbocycles. The minimum absolute atomic E-state index is 0.173. The lowest BCUT2D eigenvalue weighted by atomic mass is 9.67. The summed E-state index contributed by atoms with van der Waals surface area (Å²) in [7, 11) is 0. The first-order valence-corrected chi connectivity index (χ1v) is 10.0. The van der Waals surface area contributed by atoms with Crippen molar-refractivity contribution in [3.05, 3.63) is 0 Å². The highest BCUT2D eigenvalue weighted by Gasteiger charge is 2.45. The molecule has 0 N–H and O–H groups in total. The van der Waals surface area contributed by atoms with Crippen LogP contribution in [0.3, 0.4) is 0 Å². The lowest BCUT2D eigenvalue weighted by Gasteiger charge is -2.38. The number of hydrogen-bond donors (Lipinski definition) is 0. The fourth-order valence-electron chi connectivity index (χ4n) is 4.73. The highest BCUT2D eigenvalue weighted by Crippen LogP contribution is 2.42. The Hall–Kier alpha value is -1.06. The van der Waals surface area contributed by atoms with Gasteiger partial charge >= 0.3 is 11.9 Å². The Kier molecular flexibility index (Phi) is 8.07. The molecule has 4 heteroatoms. The Labute approximate surface area is 146 Å². The predicted octanol–water partition coefficient (Wildman–Crippen LogP) is 4.51. The highest BCUT2D eigenvalue weighted by atomic mass is 16.5. The van der Waals surface area contributed by atoms with Gasteiger partial charge < -0.3 is 9.47 Å². The van der Waals surface area contributed by atoms with Crippen molar-refractivity contribution in [2.45, 2.75) is 78.1 Å². The number of carbonyl (C=O) groups is 2. The summed E-state index contributed by atoms with van der Waals surface area (Å²) in [6.07, 6.45) is 11.2. The van der Waals surface area contributed by atoms with Gasteiger partial charge in [0.2, 0.25) is 0 Å². The van der Waals surface area contributed by atoms with Gasteiger partial charge in [-0.1, -0.05) is 38.5 Å². The zero-order valence-corrected chi connectivity index (χ0v) is 15.4. The number of ether oxygens (including phenoxy) is 2. The highest BCUT2D eigenvalue weighted by molar-refractivity contribution is 5.82. The standard InChI is InChI=1S/C20H34O4/c1-3-23-19(21)17(15-11-7-5-8-12-15)18(20(22)24-4-2)16-13-9-6-10-14-16/h15-18H,3-14H2,1-2H3. The zero-order valence-electron chi connectivity index (χ0n) is 15.4. The number of hydrogen-bond acceptors (Lipinski definition) is 4. The minimum atomic E-state index is -0.313. The molecule has 0 aromatic heterocycles. The number of esters is 2. The van der Waals surface area contributed by atoms with Crippen molar-refractivity contribution >= 4 is 11.9 Å². The topological polar surface area (TPSA) is 52.6 Å². The summed E-state index contributed by atoms with van der Waals surface area (Å²) >= 11 is 0. The molecule has 0 amide bonds.